The molecule has 0 saturated carbocycles. The highest BCUT2D eigenvalue weighted by Gasteiger charge is 2.32. The van der Waals surface area contributed by atoms with Gasteiger partial charge < -0.3 is 9.64 Å². The quantitative estimate of drug-likeness (QED) is 0.740. The first-order valence-corrected chi connectivity index (χ1v) is 10.4. The maximum Gasteiger partial charge on any atom is 0.258 e. The summed E-state index contributed by atoms with van der Waals surface area (Å²) in [6, 6.07) is 14.0. The summed E-state index contributed by atoms with van der Waals surface area (Å²) in [6.07, 6.45) is 1.23. The minimum absolute atomic E-state index is 0.0275. The third kappa shape index (κ3) is 4.21. The van der Waals surface area contributed by atoms with E-state index in [0.717, 1.165) is 11.3 Å². The molecule has 6 nitrogen and oxygen atoms in total. The van der Waals surface area contributed by atoms with E-state index in [9.17, 15) is 13.2 Å². The van der Waals surface area contributed by atoms with E-state index in [1.165, 1.54) is 0 Å². The van der Waals surface area contributed by atoms with Crippen molar-refractivity contribution in [3.63, 3.8) is 0 Å². The number of amides is 1. The minimum Gasteiger partial charge on any atom is -0.385 e. The number of nitrogens with one attached hydrogen (secondary N) is 1. The van der Waals surface area contributed by atoms with Crippen LogP contribution in [0.1, 0.15) is 29.3 Å². The van der Waals surface area contributed by atoms with Gasteiger partial charge in [0.15, 0.2) is 0 Å². The average Bonchev–Trinajstić information content (AvgIpc) is 3.00. The smallest absolute Gasteiger partial charge is 0.258 e. The first kappa shape index (κ1) is 19.5. The molecular formula is C20H24N2O4S. The van der Waals surface area contributed by atoms with Crippen LogP contribution in [-0.2, 0) is 21.2 Å². The van der Waals surface area contributed by atoms with Crippen molar-refractivity contribution in [2.45, 2.75) is 30.7 Å². The molecule has 2 aromatic rings. The van der Waals surface area contributed by atoms with E-state index in [-0.39, 0.29) is 16.8 Å². The van der Waals surface area contributed by atoms with Gasteiger partial charge in [0.05, 0.1) is 4.90 Å². The molecule has 0 radical (unpaired) electrons. The minimum atomic E-state index is -3.58. The Balaban J connectivity index is 1.82. The van der Waals surface area contributed by atoms with E-state index < -0.39 is 10.0 Å². The predicted octanol–water partition coefficient (Wildman–Crippen LogP) is 2.59. The van der Waals surface area contributed by atoms with Crippen molar-refractivity contribution in [2.24, 2.45) is 0 Å². The summed E-state index contributed by atoms with van der Waals surface area (Å²) >= 11 is 0. The summed E-state index contributed by atoms with van der Waals surface area (Å²) in [7, 11) is -2.00. The van der Waals surface area contributed by atoms with Crippen LogP contribution in [0.3, 0.4) is 0 Å². The first-order valence-electron chi connectivity index (χ1n) is 8.94. The van der Waals surface area contributed by atoms with Gasteiger partial charge >= 0.3 is 0 Å². The Hall–Kier alpha value is -2.22. The van der Waals surface area contributed by atoms with Crippen LogP contribution < -0.4 is 9.62 Å². The fourth-order valence-electron chi connectivity index (χ4n) is 3.31. The van der Waals surface area contributed by atoms with Crippen LogP contribution in [-0.4, -0.2) is 40.6 Å². The largest absolute Gasteiger partial charge is 0.385 e. The summed E-state index contributed by atoms with van der Waals surface area (Å²) in [5, 5.41) is 0. The molecule has 0 fully saturated rings. The molecule has 7 heteroatoms. The molecule has 1 aliphatic heterocycles. The van der Waals surface area contributed by atoms with Crippen molar-refractivity contribution in [2.75, 3.05) is 25.2 Å². The van der Waals surface area contributed by atoms with E-state index in [4.69, 9.17) is 4.74 Å². The number of methoxy groups -OCH3 is 1. The summed E-state index contributed by atoms with van der Waals surface area (Å²) < 4.78 is 32.5. The molecule has 0 unspecified atom stereocenters. The summed E-state index contributed by atoms with van der Waals surface area (Å²) in [5.41, 5.74) is 2.26. The number of hydrogen-bond acceptors (Lipinski definition) is 4. The van der Waals surface area contributed by atoms with Gasteiger partial charge in [0.2, 0.25) is 10.0 Å². The van der Waals surface area contributed by atoms with Crippen LogP contribution in [0, 0.1) is 0 Å². The number of rotatable bonds is 7. The van der Waals surface area contributed by atoms with Crippen LogP contribution >= 0.6 is 0 Å². The van der Waals surface area contributed by atoms with Gasteiger partial charge in [-0.3, -0.25) is 4.79 Å². The fraction of sp³-hybridized carbons (Fsp3) is 0.350. The molecule has 1 N–H and O–H groups in total. The summed E-state index contributed by atoms with van der Waals surface area (Å²) in [5.74, 6) is -0.0739. The van der Waals surface area contributed by atoms with Gasteiger partial charge in [-0.25, -0.2) is 13.1 Å². The van der Waals surface area contributed by atoms with Crippen LogP contribution in [0.15, 0.2) is 53.4 Å². The molecule has 0 spiro atoms. The van der Waals surface area contributed by atoms with Crippen molar-refractivity contribution in [1.82, 2.24) is 4.72 Å². The lowest BCUT2D eigenvalue weighted by Crippen LogP contribution is -2.35. The third-order valence-electron chi connectivity index (χ3n) is 4.63. The molecule has 1 atom stereocenters. The zero-order valence-electron chi connectivity index (χ0n) is 15.5. The predicted molar refractivity (Wildman–Crippen MR) is 105 cm³/mol. The second kappa shape index (κ2) is 8.21. The van der Waals surface area contributed by atoms with E-state index in [1.54, 1.807) is 42.3 Å². The third-order valence-corrected chi connectivity index (χ3v) is 6.09. The van der Waals surface area contributed by atoms with Gasteiger partial charge in [-0.2, -0.15) is 0 Å². The van der Waals surface area contributed by atoms with E-state index in [0.29, 0.717) is 31.6 Å². The Morgan fingerprint density at radius 3 is 2.67 bits per heavy atom. The Morgan fingerprint density at radius 1 is 1.22 bits per heavy atom. The maximum absolute atomic E-state index is 12.9. The second-order valence-electron chi connectivity index (χ2n) is 6.63. The Morgan fingerprint density at radius 2 is 1.96 bits per heavy atom. The lowest BCUT2D eigenvalue weighted by atomic mass is 10.1. The van der Waals surface area contributed by atoms with Gasteiger partial charge in [0, 0.05) is 37.6 Å². The highest BCUT2D eigenvalue weighted by molar-refractivity contribution is 7.89. The Labute approximate surface area is 160 Å². The number of benzene rings is 2. The Kier molecular flexibility index (Phi) is 5.94. The van der Waals surface area contributed by atoms with Crippen molar-refractivity contribution in [3.05, 3.63) is 59.7 Å². The second-order valence-corrected chi connectivity index (χ2v) is 8.40. The molecule has 2 aromatic carbocycles. The lowest BCUT2D eigenvalue weighted by molar-refractivity contribution is 0.0981. The topological polar surface area (TPSA) is 75.7 Å². The van der Waals surface area contributed by atoms with Crippen LogP contribution in [0.4, 0.5) is 5.69 Å². The number of carbonyl (C=O) groups excluding carboxylic acids is 1. The molecule has 27 heavy (non-hydrogen) atoms. The average molecular weight is 388 g/mol. The van der Waals surface area contributed by atoms with Gasteiger partial charge in [0.1, 0.15) is 0 Å². The number of hydrogen-bond donors (Lipinski definition) is 1. The normalized spacial score (nSPS) is 16.4. The van der Waals surface area contributed by atoms with Gasteiger partial charge in [-0.1, -0.05) is 18.2 Å². The molecule has 0 bridgehead atoms. The molecule has 0 aromatic heterocycles. The highest BCUT2D eigenvalue weighted by atomic mass is 32.2. The van der Waals surface area contributed by atoms with Gasteiger partial charge in [-0.15, -0.1) is 0 Å². The van der Waals surface area contributed by atoms with Crippen molar-refractivity contribution in [3.8, 4) is 0 Å². The molecule has 0 aliphatic carbocycles. The van der Waals surface area contributed by atoms with E-state index in [2.05, 4.69) is 4.72 Å². The molecule has 1 heterocycles. The maximum atomic E-state index is 12.9. The van der Waals surface area contributed by atoms with Crippen molar-refractivity contribution >= 4 is 21.6 Å². The standard InChI is InChI=1S/C20H24N2O4S/c1-15-13-17-14-18(27(24,25)21-11-6-12-26-2)9-10-19(17)22(15)20(23)16-7-4-3-5-8-16/h3-5,7-10,14-15,21H,6,11-13H2,1-2H3/t15-/m0/s1. The monoisotopic (exact) mass is 388 g/mol. The number of sulfonamides is 1. The molecule has 144 valence electrons. The first-order chi connectivity index (χ1) is 12.9. The zero-order chi connectivity index (χ0) is 19.4. The van der Waals surface area contributed by atoms with Crippen LogP contribution in [0.5, 0.6) is 0 Å². The summed E-state index contributed by atoms with van der Waals surface area (Å²) in [6.45, 7) is 2.79. The zero-order valence-corrected chi connectivity index (χ0v) is 16.3. The molecule has 3 rings (SSSR count). The molecule has 1 aliphatic rings. The number of ether oxygens (including phenoxy) is 1. The molecule has 0 saturated heterocycles. The van der Waals surface area contributed by atoms with E-state index in [1.807, 2.05) is 25.1 Å². The van der Waals surface area contributed by atoms with Gasteiger partial charge in [0.25, 0.3) is 5.91 Å². The van der Waals surface area contributed by atoms with Crippen LogP contribution in [0.25, 0.3) is 0 Å². The molecule has 1 amide bonds. The van der Waals surface area contributed by atoms with Crippen molar-refractivity contribution < 1.29 is 17.9 Å². The van der Waals surface area contributed by atoms with Crippen molar-refractivity contribution in [1.29, 1.82) is 0 Å². The highest BCUT2D eigenvalue weighted by Crippen LogP contribution is 2.34. The SMILES string of the molecule is COCCCNS(=O)(=O)c1ccc2c(c1)C[C@H](C)N2C(=O)c1ccccc1. The fourth-order valence-corrected chi connectivity index (χ4v) is 4.43. The molecular weight excluding hydrogens is 364 g/mol. The number of nitrogens with zero attached hydrogens (tertiary/aromatic N) is 1. The number of anilines is 1. The van der Waals surface area contributed by atoms with Crippen LogP contribution in [0.2, 0.25) is 0 Å². The number of carbonyl (C=O) groups is 1. The van der Waals surface area contributed by atoms with Gasteiger partial charge in [-0.05, 0) is 55.7 Å². The summed E-state index contributed by atoms with van der Waals surface area (Å²) in [4.78, 5) is 14.9. The lowest BCUT2D eigenvalue weighted by Gasteiger charge is -2.23. The number of fused-ring (bicyclic) bond motifs is 1. The Bertz CT molecular complexity index is 913. The van der Waals surface area contributed by atoms with E-state index >= 15 is 0 Å².